The fourth-order valence-corrected chi connectivity index (χ4v) is 0.836. The summed E-state index contributed by atoms with van der Waals surface area (Å²) < 4.78 is 0. The molecule has 1 aromatic carbocycles. The van der Waals surface area contributed by atoms with E-state index >= 15 is 0 Å². The van der Waals surface area contributed by atoms with E-state index in [-0.39, 0.29) is 0 Å². The summed E-state index contributed by atoms with van der Waals surface area (Å²) in [6, 6.07) is 7.61. The van der Waals surface area contributed by atoms with Crippen molar-refractivity contribution in [1.29, 1.82) is 0 Å². The van der Waals surface area contributed by atoms with E-state index in [1.54, 1.807) is 6.08 Å². The third-order valence-corrected chi connectivity index (χ3v) is 1.43. The molecule has 1 heteroatoms. The molecule has 0 saturated carbocycles. The third-order valence-electron chi connectivity index (χ3n) is 1.18. The molecular formula is C9H8Cl. The molecule has 0 N–H and O–H groups in total. The Balaban J connectivity index is 2.89. The first-order valence-corrected chi connectivity index (χ1v) is 3.42. The van der Waals surface area contributed by atoms with Crippen molar-refractivity contribution in [2.45, 2.75) is 0 Å². The van der Waals surface area contributed by atoms with Crippen molar-refractivity contribution in [1.82, 2.24) is 0 Å². The summed E-state index contributed by atoms with van der Waals surface area (Å²) in [5, 5.41) is 0.765. The molecule has 0 aliphatic heterocycles. The van der Waals surface area contributed by atoms with E-state index in [1.807, 2.05) is 30.3 Å². The highest BCUT2D eigenvalue weighted by Gasteiger charge is 1.84. The monoisotopic (exact) mass is 151 g/mol. The smallest absolute Gasteiger partial charge is 0.0406 e. The van der Waals surface area contributed by atoms with E-state index in [2.05, 4.69) is 6.92 Å². The van der Waals surface area contributed by atoms with Gasteiger partial charge in [0, 0.05) is 5.02 Å². The highest BCUT2D eigenvalue weighted by atomic mass is 35.5. The second kappa shape index (κ2) is 3.43. The van der Waals surface area contributed by atoms with Gasteiger partial charge in [-0.3, -0.25) is 0 Å². The van der Waals surface area contributed by atoms with Gasteiger partial charge in [0.2, 0.25) is 0 Å². The van der Waals surface area contributed by atoms with Crippen LogP contribution in [0.25, 0.3) is 6.08 Å². The number of allylic oxidation sites excluding steroid dienone is 1. The maximum absolute atomic E-state index is 5.67. The third kappa shape index (κ3) is 1.89. The van der Waals surface area contributed by atoms with Crippen LogP contribution in [0.4, 0.5) is 0 Å². The normalized spacial score (nSPS) is 10.6. The predicted molar refractivity (Wildman–Crippen MR) is 45.8 cm³/mol. The lowest BCUT2D eigenvalue weighted by molar-refractivity contribution is 1.66. The summed E-state index contributed by atoms with van der Waals surface area (Å²) in [5.41, 5.74) is 1.12. The summed E-state index contributed by atoms with van der Waals surface area (Å²) in [4.78, 5) is 0. The standard InChI is InChI=1S/C9H8Cl/c1-2-3-8-4-6-9(10)7-5-8/h2-7H,1H2. The molecule has 0 nitrogen and oxygen atoms in total. The zero-order chi connectivity index (χ0) is 7.40. The van der Waals surface area contributed by atoms with Crippen molar-refractivity contribution in [3.63, 3.8) is 0 Å². The fraction of sp³-hybridized carbons (Fsp3) is 0. The molecule has 0 spiro atoms. The molecule has 10 heavy (non-hydrogen) atoms. The average Bonchev–Trinajstić information content (AvgIpc) is 1.95. The van der Waals surface area contributed by atoms with Crippen LogP contribution < -0.4 is 0 Å². The van der Waals surface area contributed by atoms with E-state index in [0.29, 0.717) is 0 Å². The topological polar surface area (TPSA) is 0 Å². The van der Waals surface area contributed by atoms with Crippen LogP contribution in [0.5, 0.6) is 0 Å². The molecule has 1 rings (SSSR count). The highest BCUT2D eigenvalue weighted by Crippen LogP contribution is 2.10. The molecule has 0 atom stereocenters. The van der Waals surface area contributed by atoms with E-state index in [0.717, 1.165) is 10.6 Å². The number of rotatable bonds is 1. The van der Waals surface area contributed by atoms with Gasteiger partial charge in [0.05, 0.1) is 0 Å². The summed E-state index contributed by atoms with van der Waals surface area (Å²) >= 11 is 5.67. The lowest BCUT2D eigenvalue weighted by atomic mass is 10.2. The minimum absolute atomic E-state index is 0.765. The van der Waals surface area contributed by atoms with Gasteiger partial charge in [-0.1, -0.05) is 35.9 Å². The quantitative estimate of drug-likeness (QED) is 0.578. The van der Waals surface area contributed by atoms with Gasteiger partial charge >= 0.3 is 0 Å². The van der Waals surface area contributed by atoms with Crippen LogP contribution in [0.1, 0.15) is 5.56 Å². The Labute approximate surface area is 66.1 Å². The first-order valence-electron chi connectivity index (χ1n) is 3.04. The summed E-state index contributed by atoms with van der Waals surface area (Å²) in [6.45, 7) is 3.59. The second-order valence-electron chi connectivity index (χ2n) is 1.95. The first kappa shape index (κ1) is 7.36. The van der Waals surface area contributed by atoms with Crippen molar-refractivity contribution < 1.29 is 0 Å². The maximum atomic E-state index is 5.67. The molecule has 1 aromatic rings. The van der Waals surface area contributed by atoms with Crippen LogP contribution in [0.15, 0.2) is 30.3 Å². The van der Waals surface area contributed by atoms with E-state index in [4.69, 9.17) is 11.6 Å². The Kier molecular flexibility index (Phi) is 2.52. The van der Waals surface area contributed by atoms with Crippen LogP contribution in [-0.4, -0.2) is 0 Å². The van der Waals surface area contributed by atoms with E-state index < -0.39 is 0 Å². The lowest BCUT2D eigenvalue weighted by Crippen LogP contribution is -1.68. The molecule has 0 aliphatic carbocycles. The van der Waals surface area contributed by atoms with Crippen LogP contribution in [0.2, 0.25) is 5.02 Å². The van der Waals surface area contributed by atoms with Crippen LogP contribution in [-0.2, 0) is 0 Å². The van der Waals surface area contributed by atoms with Crippen molar-refractivity contribution in [3.05, 3.63) is 47.9 Å². The molecule has 0 heterocycles. The largest absolute Gasteiger partial charge is 0.0843 e. The van der Waals surface area contributed by atoms with E-state index in [1.165, 1.54) is 0 Å². The van der Waals surface area contributed by atoms with Gasteiger partial charge in [0.1, 0.15) is 0 Å². The average molecular weight is 152 g/mol. The lowest BCUT2D eigenvalue weighted by Gasteiger charge is -1.90. The predicted octanol–water partition coefficient (Wildman–Crippen LogP) is 3.19. The van der Waals surface area contributed by atoms with Crippen molar-refractivity contribution in [2.24, 2.45) is 0 Å². The van der Waals surface area contributed by atoms with Crippen LogP contribution in [0.3, 0.4) is 0 Å². The molecule has 0 fully saturated rings. The van der Waals surface area contributed by atoms with Crippen LogP contribution >= 0.6 is 11.6 Å². The van der Waals surface area contributed by atoms with Gasteiger partial charge < -0.3 is 0 Å². The molecule has 0 unspecified atom stereocenters. The van der Waals surface area contributed by atoms with Crippen molar-refractivity contribution in [3.8, 4) is 0 Å². The summed E-state index contributed by atoms with van der Waals surface area (Å²) in [5.74, 6) is 0. The molecule has 1 radical (unpaired) electrons. The number of hydrogen-bond acceptors (Lipinski definition) is 0. The van der Waals surface area contributed by atoms with Gasteiger partial charge in [-0.25, -0.2) is 0 Å². The molecule has 0 amide bonds. The summed E-state index contributed by atoms with van der Waals surface area (Å²) in [6.07, 6.45) is 3.68. The van der Waals surface area contributed by atoms with Gasteiger partial charge in [0.25, 0.3) is 0 Å². The molecule has 0 saturated heterocycles. The minimum atomic E-state index is 0.765. The Morgan fingerprint density at radius 3 is 2.30 bits per heavy atom. The van der Waals surface area contributed by atoms with Crippen molar-refractivity contribution >= 4 is 17.7 Å². The van der Waals surface area contributed by atoms with E-state index in [9.17, 15) is 0 Å². The Morgan fingerprint density at radius 1 is 1.20 bits per heavy atom. The highest BCUT2D eigenvalue weighted by molar-refractivity contribution is 6.30. The molecule has 0 aromatic heterocycles. The minimum Gasteiger partial charge on any atom is -0.0843 e. The SMILES string of the molecule is [CH2]C=Cc1ccc(Cl)cc1. The Morgan fingerprint density at radius 2 is 1.80 bits per heavy atom. The first-order chi connectivity index (χ1) is 4.83. The molecule has 0 aliphatic rings. The fourth-order valence-electron chi connectivity index (χ4n) is 0.710. The number of halogens is 1. The van der Waals surface area contributed by atoms with Gasteiger partial charge in [-0.2, -0.15) is 0 Å². The molecule has 51 valence electrons. The van der Waals surface area contributed by atoms with Crippen molar-refractivity contribution in [2.75, 3.05) is 0 Å². The molecule has 0 bridgehead atoms. The Bertz CT molecular complexity index is 221. The maximum Gasteiger partial charge on any atom is 0.0406 e. The molecular weight excluding hydrogens is 144 g/mol. The zero-order valence-corrected chi connectivity index (χ0v) is 6.31. The van der Waals surface area contributed by atoms with Gasteiger partial charge in [-0.15, -0.1) is 0 Å². The number of benzene rings is 1. The summed E-state index contributed by atoms with van der Waals surface area (Å²) in [7, 11) is 0. The Hall–Kier alpha value is -0.750. The van der Waals surface area contributed by atoms with Gasteiger partial charge in [0.15, 0.2) is 0 Å². The van der Waals surface area contributed by atoms with Crippen LogP contribution in [0, 0.1) is 6.92 Å². The zero-order valence-electron chi connectivity index (χ0n) is 5.55. The number of hydrogen-bond donors (Lipinski definition) is 0. The second-order valence-corrected chi connectivity index (χ2v) is 2.39. The van der Waals surface area contributed by atoms with Gasteiger partial charge in [-0.05, 0) is 24.6 Å².